The number of hydrogen-bond acceptors (Lipinski definition) is 5. The number of rotatable bonds is 5. The fourth-order valence-electron chi connectivity index (χ4n) is 4.88. The van der Waals surface area contributed by atoms with Gasteiger partial charge in [-0.3, -0.25) is 9.69 Å². The van der Waals surface area contributed by atoms with Crippen molar-refractivity contribution in [1.82, 2.24) is 4.90 Å². The number of likely N-dealkylation sites (tertiary alicyclic amines) is 1. The minimum atomic E-state index is -0.452. The van der Waals surface area contributed by atoms with E-state index in [0.717, 1.165) is 67.7 Å². The number of thiophene rings is 1. The fraction of sp³-hybridized carbons (Fsp3) is 0.520. The van der Waals surface area contributed by atoms with Crippen molar-refractivity contribution >= 4 is 22.2 Å². The minimum absolute atomic E-state index is 0.0463. The van der Waals surface area contributed by atoms with Gasteiger partial charge in [-0.1, -0.05) is 36.8 Å². The molecule has 0 spiro atoms. The molecule has 6 heteroatoms. The van der Waals surface area contributed by atoms with Gasteiger partial charge in [0.2, 0.25) is 5.91 Å². The number of aliphatic hydroxyl groups is 1. The number of carbonyl (C=O) groups excluding carboxylic acids is 1. The molecule has 2 N–H and O–H groups in total. The van der Waals surface area contributed by atoms with Crippen LogP contribution in [0, 0.1) is 17.2 Å². The average molecular weight is 438 g/mol. The van der Waals surface area contributed by atoms with E-state index in [-0.39, 0.29) is 17.9 Å². The lowest BCUT2D eigenvalue weighted by Gasteiger charge is -2.37. The molecular formula is C25H31N3O2S. The number of nitriles is 1. The van der Waals surface area contributed by atoms with Crippen LogP contribution in [0.3, 0.4) is 0 Å². The van der Waals surface area contributed by atoms with Gasteiger partial charge in [0, 0.05) is 4.88 Å². The third-order valence-electron chi connectivity index (χ3n) is 6.86. The molecule has 1 saturated heterocycles. The van der Waals surface area contributed by atoms with Crippen LogP contribution in [0.1, 0.15) is 66.7 Å². The predicted molar refractivity (Wildman–Crippen MR) is 124 cm³/mol. The molecule has 1 aliphatic carbocycles. The van der Waals surface area contributed by atoms with Crippen molar-refractivity contribution in [1.29, 1.82) is 5.26 Å². The van der Waals surface area contributed by atoms with Crippen LogP contribution in [0.15, 0.2) is 30.3 Å². The Morgan fingerprint density at radius 3 is 2.61 bits per heavy atom. The van der Waals surface area contributed by atoms with Crippen LogP contribution in [0.4, 0.5) is 5.00 Å². The van der Waals surface area contributed by atoms with Gasteiger partial charge < -0.3 is 10.4 Å². The summed E-state index contributed by atoms with van der Waals surface area (Å²) >= 11 is 1.59. The second kappa shape index (κ2) is 9.95. The molecule has 1 fully saturated rings. The van der Waals surface area contributed by atoms with E-state index in [1.165, 1.54) is 11.3 Å². The Morgan fingerprint density at radius 1 is 1.19 bits per heavy atom. The molecule has 1 aliphatic heterocycles. The third kappa shape index (κ3) is 4.85. The van der Waals surface area contributed by atoms with E-state index in [1.807, 2.05) is 37.3 Å². The molecule has 5 nitrogen and oxygen atoms in total. The summed E-state index contributed by atoms with van der Waals surface area (Å²) in [6, 6.07) is 11.9. The van der Waals surface area contributed by atoms with E-state index in [9.17, 15) is 15.2 Å². The monoisotopic (exact) mass is 437 g/mol. The van der Waals surface area contributed by atoms with Crippen molar-refractivity contribution in [3.8, 4) is 6.07 Å². The predicted octanol–water partition coefficient (Wildman–Crippen LogP) is 4.66. The maximum Gasteiger partial charge on any atom is 0.242 e. The van der Waals surface area contributed by atoms with Crippen molar-refractivity contribution in [2.24, 2.45) is 5.92 Å². The van der Waals surface area contributed by atoms with E-state index in [2.05, 4.69) is 16.3 Å². The van der Waals surface area contributed by atoms with Crippen LogP contribution in [-0.4, -0.2) is 35.0 Å². The van der Waals surface area contributed by atoms with E-state index in [4.69, 9.17) is 0 Å². The molecule has 31 heavy (non-hydrogen) atoms. The first-order valence-corrected chi connectivity index (χ1v) is 12.2. The highest BCUT2D eigenvalue weighted by molar-refractivity contribution is 7.16. The number of hydrogen-bond donors (Lipinski definition) is 2. The summed E-state index contributed by atoms with van der Waals surface area (Å²) in [6.07, 6.45) is 6.72. The number of benzene rings is 1. The SMILES string of the molecule is CC(C(=O)Nc1sc2c(c1C#N)CCCCC2)N1CCC(C(O)c2ccccc2)CC1. The van der Waals surface area contributed by atoms with Crippen LogP contribution in [-0.2, 0) is 17.6 Å². The minimum Gasteiger partial charge on any atom is -0.388 e. The first-order chi connectivity index (χ1) is 15.1. The van der Waals surface area contributed by atoms with Crippen molar-refractivity contribution < 1.29 is 9.90 Å². The van der Waals surface area contributed by atoms with Gasteiger partial charge >= 0.3 is 0 Å². The first kappa shape index (κ1) is 22.0. The van der Waals surface area contributed by atoms with Crippen LogP contribution in [0.5, 0.6) is 0 Å². The summed E-state index contributed by atoms with van der Waals surface area (Å²) in [7, 11) is 0. The fourth-order valence-corrected chi connectivity index (χ4v) is 6.12. The maximum atomic E-state index is 13.0. The molecule has 0 bridgehead atoms. The molecule has 1 aromatic heterocycles. The van der Waals surface area contributed by atoms with E-state index in [1.54, 1.807) is 11.3 Å². The summed E-state index contributed by atoms with van der Waals surface area (Å²) in [5.41, 5.74) is 2.80. The molecule has 0 saturated carbocycles. The summed E-state index contributed by atoms with van der Waals surface area (Å²) in [5, 5.41) is 24.2. The van der Waals surface area contributed by atoms with Crippen LogP contribution < -0.4 is 5.32 Å². The number of piperidine rings is 1. The van der Waals surface area contributed by atoms with Gasteiger partial charge in [-0.15, -0.1) is 11.3 Å². The molecule has 2 heterocycles. The Labute approximate surface area is 188 Å². The Morgan fingerprint density at radius 2 is 1.90 bits per heavy atom. The second-order valence-corrected chi connectivity index (χ2v) is 9.88. The van der Waals surface area contributed by atoms with Crippen LogP contribution in [0.2, 0.25) is 0 Å². The van der Waals surface area contributed by atoms with Crippen LogP contribution >= 0.6 is 11.3 Å². The lowest BCUT2D eigenvalue weighted by atomic mass is 9.87. The van der Waals surface area contributed by atoms with E-state index < -0.39 is 6.10 Å². The van der Waals surface area contributed by atoms with Gasteiger partial charge in [-0.25, -0.2) is 0 Å². The molecule has 1 aromatic carbocycles. The highest BCUT2D eigenvalue weighted by Crippen LogP contribution is 2.37. The zero-order valence-electron chi connectivity index (χ0n) is 18.1. The van der Waals surface area contributed by atoms with Gasteiger partial charge in [-0.2, -0.15) is 5.26 Å². The number of nitrogens with zero attached hydrogens (tertiary/aromatic N) is 2. The van der Waals surface area contributed by atoms with Crippen molar-refractivity contribution in [3.05, 3.63) is 51.9 Å². The van der Waals surface area contributed by atoms with Crippen molar-refractivity contribution in [2.45, 2.75) is 64.0 Å². The van der Waals surface area contributed by atoms with Gasteiger partial charge in [0.05, 0.1) is 17.7 Å². The zero-order valence-corrected chi connectivity index (χ0v) is 19.0. The molecule has 4 rings (SSSR count). The Kier molecular flexibility index (Phi) is 7.06. The first-order valence-electron chi connectivity index (χ1n) is 11.4. The second-order valence-electron chi connectivity index (χ2n) is 8.77. The number of amides is 1. The van der Waals surface area contributed by atoms with Gasteiger partial charge in [0.1, 0.15) is 11.1 Å². The topological polar surface area (TPSA) is 76.4 Å². The summed E-state index contributed by atoms with van der Waals surface area (Å²) in [4.78, 5) is 16.5. The van der Waals surface area contributed by atoms with E-state index >= 15 is 0 Å². The average Bonchev–Trinajstić information content (AvgIpc) is 2.97. The smallest absolute Gasteiger partial charge is 0.242 e. The van der Waals surface area contributed by atoms with Gasteiger partial charge in [0.25, 0.3) is 0 Å². The summed E-state index contributed by atoms with van der Waals surface area (Å²) in [6.45, 7) is 3.51. The highest BCUT2D eigenvalue weighted by atomic mass is 32.1. The molecule has 1 amide bonds. The number of aryl methyl sites for hydroxylation is 1. The highest BCUT2D eigenvalue weighted by Gasteiger charge is 2.31. The lowest BCUT2D eigenvalue weighted by Crippen LogP contribution is -2.46. The number of nitrogens with one attached hydrogen (secondary N) is 1. The molecule has 164 valence electrons. The number of fused-ring (bicyclic) bond motifs is 1. The maximum absolute atomic E-state index is 13.0. The Bertz CT molecular complexity index is 942. The number of carbonyl (C=O) groups is 1. The van der Waals surface area contributed by atoms with Crippen molar-refractivity contribution in [2.75, 3.05) is 18.4 Å². The quantitative estimate of drug-likeness (QED) is 0.667. The largest absolute Gasteiger partial charge is 0.388 e. The van der Waals surface area contributed by atoms with Crippen LogP contribution in [0.25, 0.3) is 0 Å². The Balaban J connectivity index is 1.36. The van der Waals surface area contributed by atoms with Gasteiger partial charge in [-0.05, 0) is 75.6 Å². The van der Waals surface area contributed by atoms with E-state index in [0.29, 0.717) is 5.56 Å². The standard InChI is InChI=1S/C25H31N3O2S/c1-17(28-14-12-19(13-15-28)23(29)18-8-4-2-5-9-18)24(30)27-25-21(16-26)20-10-6-3-7-11-22(20)31-25/h2,4-5,8-9,17,19,23,29H,3,6-7,10-15H2,1H3,(H,27,30). The normalized spacial score (nSPS) is 19.6. The van der Waals surface area contributed by atoms with Gasteiger partial charge in [0.15, 0.2) is 0 Å². The summed E-state index contributed by atoms with van der Waals surface area (Å²) in [5.74, 6) is 0.169. The molecular weight excluding hydrogens is 406 g/mol. The lowest BCUT2D eigenvalue weighted by molar-refractivity contribution is -0.121. The van der Waals surface area contributed by atoms with Crippen molar-refractivity contribution in [3.63, 3.8) is 0 Å². The summed E-state index contributed by atoms with van der Waals surface area (Å²) < 4.78 is 0. The zero-order chi connectivity index (χ0) is 21.8. The molecule has 2 atom stereocenters. The molecule has 2 aromatic rings. The third-order valence-corrected chi connectivity index (χ3v) is 8.07. The molecule has 0 radical (unpaired) electrons. The number of aliphatic hydroxyl groups excluding tert-OH is 1. The molecule has 2 unspecified atom stereocenters. The number of anilines is 1. The Hall–Kier alpha value is -2.20. The molecule has 2 aliphatic rings.